The van der Waals surface area contributed by atoms with Crippen LogP contribution in [0.1, 0.15) is 16.8 Å². The first-order valence-corrected chi connectivity index (χ1v) is 11.2. The molecule has 3 rings (SSSR count). The molecule has 1 amide bonds. The first kappa shape index (κ1) is 28.5. The van der Waals surface area contributed by atoms with E-state index in [-0.39, 0.29) is 17.9 Å². The van der Waals surface area contributed by atoms with Gasteiger partial charge in [0.25, 0.3) is 0 Å². The molecular formula is C26H25F6N5O. The number of hydrogen-bond donors (Lipinski definition) is 3. The monoisotopic (exact) mass is 537 g/mol. The summed E-state index contributed by atoms with van der Waals surface area (Å²) in [4.78, 5) is 15.1. The number of aromatic nitrogens is 2. The summed E-state index contributed by atoms with van der Waals surface area (Å²) in [6.45, 7) is 6.43. The van der Waals surface area contributed by atoms with Crippen LogP contribution in [0.5, 0.6) is 0 Å². The molecular weight excluding hydrogens is 512 g/mol. The van der Waals surface area contributed by atoms with E-state index in [1.807, 2.05) is 0 Å². The minimum absolute atomic E-state index is 0.0512. The Morgan fingerprint density at radius 2 is 1.68 bits per heavy atom. The SMILES string of the molecule is C=C(NCC(NC)(C(=C)NC=O)c1cncn1CC(F)(F)F)c1ccccc1-c1ccc(C(F)(F)F)cc1. The standard InChI is InChI=1S/C26H25F6N5O/c1-17(21-6-4-5-7-22(21)19-8-10-20(11-9-19)26(30,31)32)35-13-24(33-3,18(2)36-16-38)23-12-34-15-37(23)14-25(27,28)29/h4-12,15-16,33,35H,1-2,13-14H2,3H3,(H,36,38). The van der Waals surface area contributed by atoms with Crippen LogP contribution in [-0.2, 0) is 23.1 Å². The number of benzene rings is 2. The molecule has 3 aromatic rings. The maximum atomic E-state index is 13.2. The summed E-state index contributed by atoms with van der Waals surface area (Å²) in [5, 5.41) is 8.43. The average Bonchev–Trinajstić information content (AvgIpc) is 3.31. The third kappa shape index (κ3) is 6.25. The van der Waals surface area contributed by atoms with Gasteiger partial charge in [-0.05, 0) is 30.3 Å². The third-order valence-electron chi connectivity index (χ3n) is 6.02. The van der Waals surface area contributed by atoms with Gasteiger partial charge in [0.05, 0.1) is 23.8 Å². The normalized spacial score (nSPS) is 13.4. The van der Waals surface area contributed by atoms with E-state index in [9.17, 15) is 31.1 Å². The van der Waals surface area contributed by atoms with Crippen LogP contribution >= 0.6 is 0 Å². The van der Waals surface area contributed by atoms with Crippen molar-refractivity contribution in [3.63, 3.8) is 0 Å². The summed E-state index contributed by atoms with van der Waals surface area (Å²) in [5.74, 6) is 0. The van der Waals surface area contributed by atoms with Crippen molar-refractivity contribution in [1.29, 1.82) is 0 Å². The van der Waals surface area contributed by atoms with Crippen LogP contribution in [0.2, 0.25) is 0 Å². The number of alkyl halides is 6. The summed E-state index contributed by atoms with van der Waals surface area (Å²) >= 11 is 0. The van der Waals surface area contributed by atoms with Crippen molar-refractivity contribution in [2.75, 3.05) is 13.6 Å². The number of amides is 1. The van der Waals surface area contributed by atoms with E-state index in [0.29, 0.717) is 28.8 Å². The van der Waals surface area contributed by atoms with Gasteiger partial charge in [-0.25, -0.2) is 4.98 Å². The highest BCUT2D eigenvalue weighted by Crippen LogP contribution is 2.34. The quantitative estimate of drug-likeness (QED) is 0.236. The van der Waals surface area contributed by atoms with E-state index in [2.05, 4.69) is 34.1 Å². The molecule has 0 bridgehead atoms. The van der Waals surface area contributed by atoms with Crippen LogP contribution in [0.4, 0.5) is 26.3 Å². The lowest BCUT2D eigenvalue weighted by Gasteiger charge is -2.36. The molecule has 1 atom stereocenters. The van der Waals surface area contributed by atoms with Crippen LogP contribution in [0, 0.1) is 0 Å². The fourth-order valence-electron chi connectivity index (χ4n) is 4.08. The van der Waals surface area contributed by atoms with Gasteiger partial charge in [-0.2, -0.15) is 26.3 Å². The van der Waals surface area contributed by atoms with Crippen LogP contribution < -0.4 is 16.0 Å². The zero-order valence-electron chi connectivity index (χ0n) is 20.2. The number of hydrogen-bond acceptors (Lipinski definition) is 4. The topological polar surface area (TPSA) is 71.0 Å². The molecule has 0 radical (unpaired) electrons. The largest absolute Gasteiger partial charge is 0.416 e. The summed E-state index contributed by atoms with van der Waals surface area (Å²) in [6.07, 6.45) is -6.39. The molecule has 0 spiro atoms. The molecule has 1 aromatic heterocycles. The van der Waals surface area contributed by atoms with E-state index in [4.69, 9.17) is 0 Å². The predicted octanol–water partition coefficient (Wildman–Crippen LogP) is 5.07. The number of rotatable bonds is 11. The molecule has 0 aliphatic heterocycles. The number of nitrogens with one attached hydrogen (secondary N) is 3. The summed E-state index contributed by atoms with van der Waals surface area (Å²) in [7, 11) is 1.49. The second kappa shape index (κ2) is 11.1. The fourth-order valence-corrected chi connectivity index (χ4v) is 4.08. The average molecular weight is 538 g/mol. The molecule has 6 nitrogen and oxygen atoms in total. The number of carbonyl (C=O) groups is 1. The lowest BCUT2D eigenvalue weighted by molar-refractivity contribution is -0.141. The summed E-state index contributed by atoms with van der Waals surface area (Å²) < 4.78 is 79.5. The Hall–Kier alpha value is -4.06. The molecule has 1 heterocycles. The van der Waals surface area contributed by atoms with Gasteiger partial charge in [0.1, 0.15) is 12.1 Å². The molecule has 0 saturated heterocycles. The predicted molar refractivity (Wildman–Crippen MR) is 131 cm³/mol. The van der Waals surface area contributed by atoms with E-state index < -0.39 is 30.0 Å². The minimum atomic E-state index is -4.54. The highest BCUT2D eigenvalue weighted by Gasteiger charge is 2.39. The number of likely N-dealkylation sites (N-methyl/N-ethyl adjacent to an activating group) is 1. The second-order valence-electron chi connectivity index (χ2n) is 8.37. The van der Waals surface area contributed by atoms with Crippen molar-refractivity contribution in [2.45, 2.75) is 24.4 Å². The highest BCUT2D eigenvalue weighted by molar-refractivity contribution is 5.80. The molecule has 0 aliphatic rings. The van der Waals surface area contributed by atoms with Gasteiger partial charge in [-0.1, -0.05) is 49.6 Å². The van der Waals surface area contributed by atoms with Crippen LogP contribution in [-0.4, -0.2) is 35.7 Å². The fraction of sp³-hybridized carbons (Fsp3) is 0.231. The zero-order chi connectivity index (χ0) is 28.1. The zero-order valence-corrected chi connectivity index (χ0v) is 20.2. The smallest absolute Gasteiger partial charge is 0.382 e. The van der Waals surface area contributed by atoms with Crippen molar-refractivity contribution < 1.29 is 31.1 Å². The molecule has 38 heavy (non-hydrogen) atoms. The molecule has 12 heteroatoms. The highest BCUT2D eigenvalue weighted by atomic mass is 19.4. The second-order valence-corrected chi connectivity index (χ2v) is 8.37. The van der Waals surface area contributed by atoms with Crippen LogP contribution in [0.25, 0.3) is 16.8 Å². The van der Waals surface area contributed by atoms with Gasteiger partial charge in [-0.3, -0.25) is 4.79 Å². The van der Waals surface area contributed by atoms with Crippen molar-refractivity contribution in [3.05, 3.63) is 96.7 Å². The van der Waals surface area contributed by atoms with E-state index in [0.717, 1.165) is 23.0 Å². The Morgan fingerprint density at radius 3 is 2.26 bits per heavy atom. The molecule has 0 fully saturated rings. The van der Waals surface area contributed by atoms with Gasteiger partial charge in [0, 0.05) is 23.5 Å². The van der Waals surface area contributed by atoms with Crippen molar-refractivity contribution >= 4 is 12.1 Å². The number of halogens is 6. The molecule has 0 aliphatic carbocycles. The van der Waals surface area contributed by atoms with E-state index in [1.165, 1.54) is 25.4 Å². The maximum Gasteiger partial charge on any atom is 0.416 e. The first-order chi connectivity index (χ1) is 17.8. The lowest BCUT2D eigenvalue weighted by Crippen LogP contribution is -2.53. The Balaban J connectivity index is 1.95. The third-order valence-corrected chi connectivity index (χ3v) is 6.02. The molecule has 3 N–H and O–H groups in total. The molecule has 0 saturated carbocycles. The Bertz CT molecular complexity index is 1300. The summed E-state index contributed by atoms with van der Waals surface area (Å²) in [5.41, 5.74) is -0.132. The summed E-state index contributed by atoms with van der Waals surface area (Å²) in [6, 6.07) is 11.5. The van der Waals surface area contributed by atoms with Gasteiger partial charge >= 0.3 is 12.4 Å². The van der Waals surface area contributed by atoms with Crippen molar-refractivity contribution in [1.82, 2.24) is 25.5 Å². The number of nitrogens with zero attached hydrogens (tertiary/aromatic N) is 2. The lowest BCUT2D eigenvalue weighted by atomic mass is 9.90. The maximum absolute atomic E-state index is 13.2. The van der Waals surface area contributed by atoms with Crippen LogP contribution in [0.15, 0.2) is 79.9 Å². The Kier molecular flexibility index (Phi) is 8.35. The van der Waals surface area contributed by atoms with Crippen molar-refractivity contribution in [3.8, 4) is 11.1 Å². The molecule has 1 unspecified atom stereocenters. The number of carbonyl (C=O) groups excluding carboxylic acids is 1. The van der Waals surface area contributed by atoms with Gasteiger partial charge < -0.3 is 20.5 Å². The minimum Gasteiger partial charge on any atom is -0.382 e. The van der Waals surface area contributed by atoms with E-state index >= 15 is 0 Å². The van der Waals surface area contributed by atoms with E-state index in [1.54, 1.807) is 24.3 Å². The molecule has 202 valence electrons. The van der Waals surface area contributed by atoms with Gasteiger partial charge in [-0.15, -0.1) is 0 Å². The van der Waals surface area contributed by atoms with Crippen LogP contribution in [0.3, 0.4) is 0 Å². The first-order valence-electron chi connectivity index (χ1n) is 11.2. The van der Waals surface area contributed by atoms with Crippen molar-refractivity contribution in [2.24, 2.45) is 0 Å². The Labute approximate surface area is 215 Å². The number of imidazole rings is 1. The van der Waals surface area contributed by atoms with Gasteiger partial charge in [0.15, 0.2) is 0 Å². The Morgan fingerprint density at radius 1 is 1.03 bits per heavy atom. The molecule has 2 aromatic carbocycles. The van der Waals surface area contributed by atoms with Gasteiger partial charge in [0.2, 0.25) is 6.41 Å².